The van der Waals surface area contributed by atoms with Crippen molar-refractivity contribution in [1.82, 2.24) is 4.98 Å². The first-order chi connectivity index (χ1) is 9.46. The molecule has 1 rings (SSSR count). The summed E-state index contributed by atoms with van der Waals surface area (Å²) in [6, 6.07) is 0. The molecule has 1 N–H and O–H groups in total. The predicted octanol–water partition coefficient (Wildman–Crippen LogP) is 2.84. The quantitative estimate of drug-likeness (QED) is 0.681. The van der Waals surface area contributed by atoms with Crippen LogP contribution in [0.15, 0.2) is 0 Å². The van der Waals surface area contributed by atoms with Crippen molar-refractivity contribution in [2.75, 3.05) is 11.9 Å². The Bertz CT molecular complexity index is 551. The van der Waals surface area contributed by atoms with Gasteiger partial charge in [-0.2, -0.15) is 26.3 Å². The smallest absolute Gasteiger partial charge is 0.462 e. The third-order valence-electron chi connectivity index (χ3n) is 1.83. The molecule has 0 spiro atoms. The van der Waals surface area contributed by atoms with Gasteiger partial charge in [0.2, 0.25) is 0 Å². The average molecular weight is 336 g/mol. The summed E-state index contributed by atoms with van der Waals surface area (Å²) in [4.78, 5) is 23.7. The Hall–Kier alpha value is -1.85. The standard InChI is InChI=1S/C9H6F6N2O3S/c1-2-20-5(18)3-4(8(10,11)12)16-7(21-3)17-6(19)9(13,14)15/h2H2,1H3,(H,16,17,19). The van der Waals surface area contributed by atoms with Gasteiger partial charge >= 0.3 is 24.2 Å². The van der Waals surface area contributed by atoms with Gasteiger partial charge < -0.3 is 4.74 Å². The Balaban J connectivity index is 3.15. The summed E-state index contributed by atoms with van der Waals surface area (Å²) >= 11 is -0.0587. The lowest BCUT2D eigenvalue weighted by Gasteiger charge is -2.05. The minimum Gasteiger partial charge on any atom is -0.462 e. The molecular formula is C9H6F6N2O3S. The number of carbonyl (C=O) groups excluding carboxylic acids is 2. The third-order valence-corrected chi connectivity index (χ3v) is 2.79. The van der Waals surface area contributed by atoms with E-state index in [4.69, 9.17) is 0 Å². The van der Waals surface area contributed by atoms with Crippen LogP contribution in [-0.2, 0) is 15.7 Å². The van der Waals surface area contributed by atoms with Crippen LogP contribution in [0.2, 0.25) is 0 Å². The Morgan fingerprint density at radius 1 is 1.24 bits per heavy atom. The second kappa shape index (κ2) is 5.87. The Labute approximate surface area is 116 Å². The van der Waals surface area contributed by atoms with Gasteiger partial charge in [-0.1, -0.05) is 11.3 Å². The topological polar surface area (TPSA) is 68.3 Å². The zero-order valence-corrected chi connectivity index (χ0v) is 10.9. The summed E-state index contributed by atoms with van der Waals surface area (Å²) in [6.07, 6.45) is -10.4. The zero-order chi connectivity index (χ0) is 16.4. The number of aromatic nitrogens is 1. The van der Waals surface area contributed by atoms with E-state index in [1.165, 1.54) is 6.92 Å². The van der Waals surface area contributed by atoms with Gasteiger partial charge in [-0.05, 0) is 6.92 Å². The van der Waals surface area contributed by atoms with Crippen molar-refractivity contribution < 1.29 is 40.7 Å². The number of nitrogens with one attached hydrogen (secondary N) is 1. The van der Waals surface area contributed by atoms with Crippen LogP contribution in [0.3, 0.4) is 0 Å². The fraction of sp³-hybridized carbons (Fsp3) is 0.444. The molecule has 21 heavy (non-hydrogen) atoms. The number of nitrogens with zero attached hydrogens (tertiary/aromatic N) is 1. The van der Waals surface area contributed by atoms with Gasteiger partial charge in [0.05, 0.1) is 6.61 Å². The normalized spacial score (nSPS) is 12.1. The maximum Gasteiger partial charge on any atom is 0.471 e. The minimum atomic E-state index is -5.30. The largest absolute Gasteiger partial charge is 0.471 e. The number of thiazole rings is 1. The number of amides is 1. The highest BCUT2D eigenvalue weighted by atomic mass is 32.1. The number of alkyl halides is 6. The summed E-state index contributed by atoms with van der Waals surface area (Å²) in [5, 5.41) is 0.141. The van der Waals surface area contributed by atoms with E-state index in [1.54, 1.807) is 0 Å². The van der Waals surface area contributed by atoms with E-state index in [0.717, 1.165) is 5.32 Å². The van der Waals surface area contributed by atoms with E-state index < -0.39 is 39.9 Å². The summed E-state index contributed by atoms with van der Waals surface area (Å²) < 4.78 is 78.3. The fourth-order valence-corrected chi connectivity index (χ4v) is 1.94. The maximum atomic E-state index is 12.6. The van der Waals surface area contributed by atoms with E-state index >= 15 is 0 Å². The molecule has 0 unspecified atom stereocenters. The minimum absolute atomic E-state index is 0.0587. The molecule has 12 heteroatoms. The Morgan fingerprint density at radius 2 is 1.81 bits per heavy atom. The maximum absolute atomic E-state index is 12.6. The summed E-state index contributed by atoms with van der Waals surface area (Å²) in [5.74, 6) is -3.89. The Kier molecular flexibility index (Phi) is 4.81. The van der Waals surface area contributed by atoms with Gasteiger partial charge in [-0.3, -0.25) is 10.1 Å². The molecule has 0 aromatic carbocycles. The van der Waals surface area contributed by atoms with Crippen molar-refractivity contribution in [3.63, 3.8) is 0 Å². The van der Waals surface area contributed by atoms with Crippen LogP contribution >= 0.6 is 11.3 Å². The molecule has 0 bridgehead atoms. The summed E-state index contributed by atoms with van der Waals surface area (Å²) in [5.41, 5.74) is -1.72. The molecular weight excluding hydrogens is 330 g/mol. The lowest BCUT2D eigenvalue weighted by Crippen LogP contribution is -2.29. The van der Waals surface area contributed by atoms with Crippen molar-refractivity contribution in [3.05, 3.63) is 10.6 Å². The van der Waals surface area contributed by atoms with E-state index in [9.17, 15) is 35.9 Å². The van der Waals surface area contributed by atoms with E-state index in [1.807, 2.05) is 0 Å². The van der Waals surface area contributed by atoms with Crippen LogP contribution in [0, 0.1) is 0 Å². The van der Waals surface area contributed by atoms with Crippen LogP contribution in [0.4, 0.5) is 31.5 Å². The molecule has 118 valence electrons. The molecule has 1 aromatic rings. The van der Waals surface area contributed by atoms with E-state index in [2.05, 4.69) is 9.72 Å². The summed E-state index contributed by atoms with van der Waals surface area (Å²) in [6.45, 7) is 1.09. The van der Waals surface area contributed by atoms with Gasteiger partial charge in [0.25, 0.3) is 0 Å². The van der Waals surface area contributed by atoms with Crippen LogP contribution in [-0.4, -0.2) is 29.6 Å². The monoisotopic (exact) mass is 336 g/mol. The van der Waals surface area contributed by atoms with Crippen molar-refractivity contribution >= 4 is 28.3 Å². The highest BCUT2D eigenvalue weighted by Gasteiger charge is 2.43. The van der Waals surface area contributed by atoms with Crippen molar-refractivity contribution in [3.8, 4) is 0 Å². The third kappa shape index (κ3) is 4.31. The molecule has 1 aromatic heterocycles. The fourth-order valence-electron chi connectivity index (χ4n) is 1.07. The first-order valence-corrected chi connectivity index (χ1v) is 5.91. The van der Waals surface area contributed by atoms with Crippen LogP contribution in [0.1, 0.15) is 22.3 Å². The molecule has 0 saturated heterocycles. The van der Waals surface area contributed by atoms with Gasteiger partial charge in [-0.15, -0.1) is 0 Å². The highest BCUT2D eigenvalue weighted by Crippen LogP contribution is 2.36. The number of hydrogen-bond donors (Lipinski definition) is 1. The molecule has 0 atom stereocenters. The first-order valence-electron chi connectivity index (χ1n) is 5.10. The van der Waals surface area contributed by atoms with Crippen LogP contribution in [0.25, 0.3) is 0 Å². The van der Waals surface area contributed by atoms with Gasteiger partial charge in [0.1, 0.15) is 4.88 Å². The lowest BCUT2D eigenvalue weighted by molar-refractivity contribution is -0.167. The zero-order valence-electron chi connectivity index (χ0n) is 10.1. The van der Waals surface area contributed by atoms with Gasteiger partial charge in [0, 0.05) is 0 Å². The molecule has 5 nitrogen and oxygen atoms in total. The molecule has 0 fully saturated rings. The van der Waals surface area contributed by atoms with Crippen molar-refractivity contribution in [1.29, 1.82) is 0 Å². The van der Waals surface area contributed by atoms with Gasteiger partial charge in [-0.25, -0.2) is 9.78 Å². The van der Waals surface area contributed by atoms with Crippen LogP contribution in [0.5, 0.6) is 0 Å². The number of carbonyl (C=O) groups is 2. The molecule has 1 heterocycles. The first kappa shape index (κ1) is 17.2. The van der Waals surface area contributed by atoms with Crippen molar-refractivity contribution in [2.24, 2.45) is 0 Å². The second-order valence-corrected chi connectivity index (χ2v) is 4.37. The SMILES string of the molecule is CCOC(=O)c1sc(NC(=O)C(F)(F)F)nc1C(F)(F)F. The van der Waals surface area contributed by atoms with Crippen LogP contribution < -0.4 is 5.32 Å². The molecule has 0 aliphatic heterocycles. The number of anilines is 1. The number of esters is 1. The summed E-state index contributed by atoms with van der Waals surface area (Å²) in [7, 11) is 0. The predicted molar refractivity (Wildman–Crippen MR) is 57.8 cm³/mol. The second-order valence-electron chi connectivity index (χ2n) is 3.37. The number of ether oxygens (including phenoxy) is 1. The van der Waals surface area contributed by atoms with Crippen molar-refractivity contribution in [2.45, 2.75) is 19.3 Å². The molecule has 0 saturated carbocycles. The Morgan fingerprint density at radius 3 is 2.24 bits per heavy atom. The molecule has 0 aliphatic carbocycles. The van der Waals surface area contributed by atoms with Gasteiger partial charge in [0.15, 0.2) is 10.8 Å². The lowest BCUT2D eigenvalue weighted by atomic mass is 10.3. The molecule has 0 aliphatic rings. The highest BCUT2D eigenvalue weighted by molar-refractivity contribution is 7.17. The number of hydrogen-bond acceptors (Lipinski definition) is 5. The molecule has 0 radical (unpaired) electrons. The van der Waals surface area contributed by atoms with E-state index in [-0.39, 0.29) is 17.9 Å². The number of halogens is 6. The average Bonchev–Trinajstić information content (AvgIpc) is 2.71. The molecule has 1 amide bonds. The van der Waals surface area contributed by atoms with E-state index in [0.29, 0.717) is 0 Å². The number of rotatable bonds is 3.